The first-order valence-electron chi connectivity index (χ1n) is 6.85. The van der Waals surface area contributed by atoms with Crippen molar-refractivity contribution in [3.8, 4) is 0 Å². The number of aryl methyl sites for hydroxylation is 1. The van der Waals surface area contributed by atoms with Crippen LogP contribution in [0, 0.1) is 0 Å². The summed E-state index contributed by atoms with van der Waals surface area (Å²) in [5.41, 5.74) is 0.859. The number of hydrogen-bond donors (Lipinski definition) is 1. The molecule has 0 atom stereocenters. The summed E-state index contributed by atoms with van der Waals surface area (Å²) in [6.07, 6.45) is 1.50. The summed E-state index contributed by atoms with van der Waals surface area (Å²) in [6.45, 7) is 0. The summed E-state index contributed by atoms with van der Waals surface area (Å²) in [6, 6.07) is 14.8. The summed E-state index contributed by atoms with van der Waals surface area (Å²) in [5.74, 6) is -0.692. The lowest BCUT2D eigenvalue weighted by Crippen LogP contribution is -2.37. The van der Waals surface area contributed by atoms with E-state index in [2.05, 4.69) is 9.82 Å². The molecule has 0 unspecified atom stereocenters. The van der Waals surface area contributed by atoms with Gasteiger partial charge in [-0.25, -0.2) is 13.1 Å². The highest BCUT2D eigenvalue weighted by Crippen LogP contribution is 2.15. The summed E-state index contributed by atoms with van der Waals surface area (Å²) in [5, 5.41) is 4.85. The molecule has 116 valence electrons. The lowest BCUT2D eigenvalue weighted by Gasteiger charge is -2.07. The molecule has 0 radical (unpaired) electrons. The number of rotatable bonds is 3. The fourth-order valence-corrected chi connectivity index (χ4v) is 3.25. The molecule has 0 aliphatic rings. The first-order chi connectivity index (χ1) is 11.0. The Bertz CT molecular complexity index is 986. The van der Waals surface area contributed by atoms with Gasteiger partial charge in [0.2, 0.25) is 6.20 Å². The minimum Gasteiger partial charge on any atom is -0.268 e. The van der Waals surface area contributed by atoms with E-state index in [9.17, 15) is 13.2 Å². The molecule has 0 aliphatic carbocycles. The highest BCUT2D eigenvalue weighted by atomic mass is 32.2. The topological polar surface area (TPSA) is 80.0 Å². The van der Waals surface area contributed by atoms with Crippen molar-refractivity contribution in [2.75, 3.05) is 0 Å². The fourth-order valence-electron chi connectivity index (χ4n) is 2.26. The van der Waals surface area contributed by atoms with Crippen molar-refractivity contribution in [2.45, 2.75) is 4.90 Å². The molecular formula is C16H14N3O3S+. The number of benzene rings is 2. The number of nitrogens with one attached hydrogen (secondary N) is 1. The van der Waals surface area contributed by atoms with Crippen LogP contribution in [0.25, 0.3) is 10.9 Å². The van der Waals surface area contributed by atoms with Gasteiger partial charge in [-0.1, -0.05) is 41.1 Å². The van der Waals surface area contributed by atoms with Crippen LogP contribution in [0.15, 0.2) is 65.7 Å². The van der Waals surface area contributed by atoms with Gasteiger partial charge in [-0.05, 0) is 23.3 Å². The Hall–Kier alpha value is -2.80. The van der Waals surface area contributed by atoms with Crippen molar-refractivity contribution in [3.05, 3.63) is 66.4 Å². The average Bonchev–Trinajstić information content (AvgIpc) is 2.54. The van der Waals surface area contributed by atoms with E-state index in [1.807, 2.05) is 0 Å². The van der Waals surface area contributed by atoms with Crippen molar-refractivity contribution in [1.29, 1.82) is 0 Å². The van der Waals surface area contributed by atoms with E-state index in [0.29, 0.717) is 10.9 Å². The van der Waals surface area contributed by atoms with Gasteiger partial charge >= 0.3 is 0 Å². The third-order valence-electron chi connectivity index (χ3n) is 3.30. The number of carbonyl (C=O) groups is 1. The van der Waals surface area contributed by atoms with Gasteiger partial charge < -0.3 is 0 Å². The average molecular weight is 328 g/mol. The maximum Gasteiger partial charge on any atom is 0.271 e. The van der Waals surface area contributed by atoms with E-state index in [-0.39, 0.29) is 10.5 Å². The van der Waals surface area contributed by atoms with E-state index in [1.165, 1.54) is 23.0 Å². The molecular weight excluding hydrogens is 314 g/mol. The van der Waals surface area contributed by atoms with Crippen LogP contribution in [-0.4, -0.2) is 19.4 Å². The zero-order valence-electron chi connectivity index (χ0n) is 12.3. The fraction of sp³-hybridized carbons (Fsp3) is 0.0625. The summed E-state index contributed by atoms with van der Waals surface area (Å²) in [7, 11) is -2.24. The van der Waals surface area contributed by atoms with Gasteiger partial charge in [0.25, 0.3) is 15.9 Å². The Morgan fingerprint density at radius 1 is 1.04 bits per heavy atom. The Labute approximate surface area is 133 Å². The van der Waals surface area contributed by atoms with Gasteiger partial charge in [-0.2, -0.15) is 0 Å². The molecule has 0 bridgehead atoms. The molecule has 0 saturated heterocycles. The van der Waals surface area contributed by atoms with E-state index in [4.69, 9.17) is 0 Å². The zero-order valence-corrected chi connectivity index (χ0v) is 13.1. The second kappa shape index (κ2) is 5.77. The number of sulfonamides is 1. The molecule has 3 aromatic rings. The number of aromatic nitrogens is 2. The maximum absolute atomic E-state index is 12.5. The minimum atomic E-state index is -3.92. The highest BCUT2D eigenvalue weighted by molar-refractivity contribution is 7.90. The predicted molar refractivity (Wildman–Crippen MR) is 84.0 cm³/mol. The van der Waals surface area contributed by atoms with Crippen molar-refractivity contribution < 1.29 is 17.9 Å². The molecule has 23 heavy (non-hydrogen) atoms. The van der Waals surface area contributed by atoms with Crippen molar-refractivity contribution in [1.82, 2.24) is 9.82 Å². The molecule has 3 rings (SSSR count). The van der Waals surface area contributed by atoms with Crippen molar-refractivity contribution >= 4 is 26.8 Å². The molecule has 0 saturated carbocycles. The van der Waals surface area contributed by atoms with E-state index < -0.39 is 15.9 Å². The van der Waals surface area contributed by atoms with Gasteiger partial charge in [0.15, 0.2) is 7.05 Å². The monoisotopic (exact) mass is 328 g/mol. The normalized spacial score (nSPS) is 11.3. The highest BCUT2D eigenvalue weighted by Gasteiger charge is 2.22. The van der Waals surface area contributed by atoms with Crippen LogP contribution < -0.4 is 9.40 Å². The standard InChI is InChI=1S/C16H13N3O3S/c1-19-11-14(13-9-5-6-10-15(13)17-19)16(20)18-23(21,22)12-7-3-2-4-8-12/h2-11H,1H3/p+1. The lowest BCUT2D eigenvalue weighted by molar-refractivity contribution is -0.728. The molecule has 1 N–H and O–H groups in total. The number of nitrogens with zero attached hydrogens (tertiary/aromatic N) is 2. The number of hydrogen-bond acceptors (Lipinski definition) is 4. The van der Waals surface area contributed by atoms with Crippen LogP contribution >= 0.6 is 0 Å². The lowest BCUT2D eigenvalue weighted by atomic mass is 10.1. The summed E-state index contributed by atoms with van der Waals surface area (Å²) >= 11 is 0. The van der Waals surface area contributed by atoms with E-state index in [0.717, 1.165) is 0 Å². The first-order valence-corrected chi connectivity index (χ1v) is 8.33. The molecule has 0 fully saturated rings. The molecule has 1 amide bonds. The summed E-state index contributed by atoms with van der Waals surface area (Å²) < 4.78 is 28.1. The van der Waals surface area contributed by atoms with Crippen molar-refractivity contribution in [3.63, 3.8) is 0 Å². The van der Waals surface area contributed by atoms with Gasteiger partial charge in [0.1, 0.15) is 11.1 Å². The zero-order chi connectivity index (χ0) is 16.4. The Balaban J connectivity index is 2.02. The van der Waals surface area contributed by atoms with Crippen LogP contribution in [0.5, 0.6) is 0 Å². The molecule has 6 nitrogen and oxygen atoms in total. The van der Waals surface area contributed by atoms with Gasteiger partial charge in [-0.15, -0.1) is 0 Å². The molecule has 1 aromatic heterocycles. The Morgan fingerprint density at radius 2 is 1.70 bits per heavy atom. The summed E-state index contributed by atoms with van der Waals surface area (Å²) in [4.78, 5) is 12.5. The van der Waals surface area contributed by atoms with Crippen LogP contribution in [0.4, 0.5) is 0 Å². The molecule has 2 aromatic carbocycles. The predicted octanol–water partition coefficient (Wildman–Crippen LogP) is 1.18. The van der Waals surface area contributed by atoms with Crippen LogP contribution in [0.1, 0.15) is 10.4 Å². The third kappa shape index (κ3) is 3.04. The van der Waals surface area contributed by atoms with Crippen LogP contribution in [0.2, 0.25) is 0 Å². The molecule has 1 heterocycles. The quantitative estimate of drug-likeness (QED) is 0.732. The van der Waals surface area contributed by atoms with Gasteiger partial charge in [-0.3, -0.25) is 4.79 Å². The number of amides is 1. The van der Waals surface area contributed by atoms with E-state index >= 15 is 0 Å². The van der Waals surface area contributed by atoms with Gasteiger partial charge in [0, 0.05) is 5.39 Å². The minimum absolute atomic E-state index is 0.0380. The second-order valence-electron chi connectivity index (χ2n) is 4.98. The largest absolute Gasteiger partial charge is 0.271 e. The van der Waals surface area contributed by atoms with Crippen LogP contribution in [0.3, 0.4) is 0 Å². The Kier molecular flexibility index (Phi) is 3.79. The van der Waals surface area contributed by atoms with Gasteiger partial charge in [0.05, 0.1) is 4.90 Å². The smallest absolute Gasteiger partial charge is 0.268 e. The molecule has 0 aliphatic heterocycles. The maximum atomic E-state index is 12.5. The van der Waals surface area contributed by atoms with E-state index in [1.54, 1.807) is 49.5 Å². The van der Waals surface area contributed by atoms with Crippen molar-refractivity contribution in [2.24, 2.45) is 7.05 Å². The molecule has 7 heteroatoms. The third-order valence-corrected chi connectivity index (χ3v) is 4.65. The SMILES string of the molecule is C[n+]1cc(C(=O)NS(=O)(=O)c2ccccc2)c2ccccc2n1. The molecule has 0 spiro atoms. The van der Waals surface area contributed by atoms with Crippen LogP contribution in [-0.2, 0) is 17.1 Å². The number of fused-ring (bicyclic) bond motifs is 1. The Morgan fingerprint density at radius 3 is 2.43 bits per heavy atom. The second-order valence-corrected chi connectivity index (χ2v) is 6.66. The first kappa shape index (κ1) is 15.1. The number of carbonyl (C=O) groups excluding carboxylic acids is 1.